The minimum Gasteiger partial charge on any atom is -0.420 e. The van der Waals surface area contributed by atoms with Crippen molar-refractivity contribution in [2.75, 3.05) is 30.4 Å². The summed E-state index contributed by atoms with van der Waals surface area (Å²) in [5.74, 6) is 6.57. The van der Waals surface area contributed by atoms with Gasteiger partial charge in [0.05, 0.1) is 13.1 Å². The van der Waals surface area contributed by atoms with Crippen LogP contribution in [0.1, 0.15) is 35.9 Å². The van der Waals surface area contributed by atoms with Crippen molar-refractivity contribution >= 4 is 28.8 Å². The summed E-state index contributed by atoms with van der Waals surface area (Å²) < 4.78 is 7.09. The molecule has 3 heterocycles. The molecule has 33 heavy (non-hydrogen) atoms. The van der Waals surface area contributed by atoms with Crippen molar-refractivity contribution in [1.82, 2.24) is 19.9 Å². The molecule has 0 radical (unpaired) electrons. The fourth-order valence-electron chi connectivity index (χ4n) is 3.93. The first-order chi connectivity index (χ1) is 16.0. The number of anilines is 2. The van der Waals surface area contributed by atoms with Crippen LogP contribution in [0.3, 0.4) is 0 Å². The standard InChI is InChI=1S/C23H27N7O3/c1-3-4-12-30-19(20(25-2)28-23(30)29-11-7-8-15(24)14-29)21(31)26-13-17-22(32)33-18-10-6-5-9-16(18)27-17/h5-6,9-10,15,25H,7-8,11-14,24H2,1-2H3,(H,26,31). The molecule has 10 heteroatoms. The summed E-state index contributed by atoms with van der Waals surface area (Å²) in [6.45, 7) is 3.42. The lowest BCUT2D eigenvalue weighted by atomic mass is 10.1. The number of fused-ring (bicyclic) bond motifs is 1. The second kappa shape index (κ2) is 9.75. The Labute approximate surface area is 191 Å². The molecule has 0 spiro atoms. The fourth-order valence-corrected chi connectivity index (χ4v) is 3.93. The molecule has 1 fully saturated rings. The molecule has 10 nitrogen and oxygen atoms in total. The number of nitrogens with two attached hydrogens (primary N) is 1. The van der Waals surface area contributed by atoms with Crippen LogP contribution in [-0.2, 0) is 13.1 Å². The van der Waals surface area contributed by atoms with Gasteiger partial charge in [0.15, 0.2) is 17.1 Å². The molecular weight excluding hydrogens is 422 g/mol. The lowest BCUT2D eigenvalue weighted by molar-refractivity contribution is 0.0942. The molecule has 1 atom stereocenters. The van der Waals surface area contributed by atoms with Crippen LogP contribution in [0, 0.1) is 11.8 Å². The van der Waals surface area contributed by atoms with Gasteiger partial charge in [-0.05, 0) is 31.9 Å². The Balaban J connectivity index is 1.64. The van der Waals surface area contributed by atoms with E-state index in [1.807, 2.05) is 0 Å². The number of imidazole rings is 1. The second-order valence-corrected chi connectivity index (χ2v) is 7.82. The zero-order chi connectivity index (χ0) is 23.4. The number of carbonyl (C=O) groups excluding carboxylic acids is 1. The zero-order valence-corrected chi connectivity index (χ0v) is 18.7. The van der Waals surface area contributed by atoms with Gasteiger partial charge in [0.1, 0.15) is 11.2 Å². The van der Waals surface area contributed by atoms with E-state index in [0.29, 0.717) is 41.6 Å². The lowest BCUT2D eigenvalue weighted by Crippen LogP contribution is -2.44. The molecule has 3 aromatic rings. The number of nitrogens with one attached hydrogen (secondary N) is 2. The molecule has 1 saturated heterocycles. The van der Waals surface area contributed by atoms with Gasteiger partial charge in [0.2, 0.25) is 5.95 Å². The molecule has 0 aliphatic carbocycles. The number of para-hydroxylation sites is 2. The highest BCUT2D eigenvalue weighted by Gasteiger charge is 2.28. The molecular formula is C23H27N7O3. The number of rotatable bonds is 6. The van der Waals surface area contributed by atoms with E-state index in [0.717, 1.165) is 19.4 Å². The number of benzene rings is 1. The topological polar surface area (TPSA) is 131 Å². The summed E-state index contributed by atoms with van der Waals surface area (Å²) >= 11 is 0. The summed E-state index contributed by atoms with van der Waals surface area (Å²) in [5, 5.41) is 5.79. The first kappa shape index (κ1) is 22.4. The molecule has 1 aliphatic rings. The number of aromatic nitrogens is 3. The fraction of sp³-hybridized carbons (Fsp3) is 0.391. The SMILES string of the molecule is CC#CCn1c(N2CCCC(N)C2)nc(NC)c1C(=O)NCc1nc2ccccc2oc1=O. The summed E-state index contributed by atoms with van der Waals surface area (Å²) in [6.07, 6.45) is 1.91. The highest BCUT2D eigenvalue weighted by molar-refractivity contribution is 5.98. The van der Waals surface area contributed by atoms with Gasteiger partial charge in [-0.25, -0.2) is 9.78 Å². The van der Waals surface area contributed by atoms with Crippen molar-refractivity contribution in [3.05, 3.63) is 46.1 Å². The Bertz CT molecular complexity index is 1280. The van der Waals surface area contributed by atoms with E-state index in [2.05, 4.69) is 37.3 Å². The lowest BCUT2D eigenvalue weighted by Gasteiger charge is -2.31. The molecule has 1 unspecified atom stereocenters. The van der Waals surface area contributed by atoms with Crippen molar-refractivity contribution in [3.8, 4) is 11.8 Å². The molecule has 1 aromatic carbocycles. The predicted molar refractivity (Wildman–Crippen MR) is 126 cm³/mol. The molecule has 2 aromatic heterocycles. The van der Waals surface area contributed by atoms with Crippen LogP contribution < -0.4 is 26.9 Å². The van der Waals surface area contributed by atoms with E-state index < -0.39 is 11.5 Å². The average molecular weight is 450 g/mol. The normalized spacial score (nSPS) is 15.7. The number of hydrogen-bond acceptors (Lipinski definition) is 8. The number of carbonyl (C=O) groups is 1. The molecule has 4 rings (SSSR count). The molecule has 0 saturated carbocycles. The first-order valence-electron chi connectivity index (χ1n) is 10.9. The molecule has 172 valence electrons. The number of amides is 1. The number of nitrogens with zero attached hydrogens (tertiary/aromatic N) is 4. The number of piperidine rings is 1. The van der Waals surface area contributed by atoms with Crippen LogP contribution in [0.4, 0.5) is 11.8 Å². The Hall–Kier alpha value is -3.84. The van der Waals surface area contributed by atoms with Crippen molar-refractivity contribution < 1.29 is 9.21 Å². The average Bonchev–Trinajstić information content (AvgIpc) is 3.19. The third-order valence-corrected chi connectivity index (χ3v) is 5.53. The van der Waals surface area contributed by atoms with Gasteiger partial charge >= 0.3 is 5.63 Å². The summed E-state index contributed by atoms with van der Waals surface area (Å²) in [5.41, 5.74) is 6.98. The van der Waals surface area contributed by atoms with Crippen molar-refractivity contribution in [2.24, 2.45) is 5.73 Å². The quantitative estimate of drug-likeness (QED) is 0.480. The van der Waals surface area contributed by atoms with E-state index in [1.165, 1.54) is 0 Å². The van der Waals surface area contributed by atoms with E-state index in [1.54, 1.807) is 42.8 Å². The van der Waals surface area contributed by atoms with Crippen LogP contribution in [0.15, 0.2) is 33.5 Å². The maximum absolute atomic E-state index is 13.3. The van der Waals surface area contributed by atoms with Crippen molar-refractivity contribution in [2.45, 2.75) is 38.9 Å². The van der Waals surface area contributed by atoms with Gasteiger partial charge in [-0.1, -0.05) is 18.1 Å². The molecule has 0 bridgehead atoms. The van der Waals surface area contributed by atoms with E-state index >= 15 is 0 Å². The van der Waals surface area contributed by atoms with Gasteiger partial charge in [-0.3, -0.25) is 9.36 Å². The maximum Gasteiger partial charge on any atom is 0.360 e. The van der Waals surface area contributed by atoms with Crippen LogP contribution in [0.5, 0.6) is 0 Å². The summed E-state index contributed by atoms with van der Waals surface area (Å²) in [7, 11) is 1.71. The van der Waals surface area contributed by atoms with Crippen molar-refractivity contribution in [3.63, 3.8) is 0 Å². The summed E-state index contributed by atoms with van der Waals surface area (Å²) in [4.78, 5) is 36.7. The van der Waals surface area contributed by atoms with Gasteiger partial charge in [0.25, 0.3) is 5.91 Å². The Morgan fingerprint density at radius 2 is 2.15 bits per heavy atom. The van der Waals surface area contributed by atoms with Gasteiger partial charge in [-0.15, -0.1) is 5.92 Å². The largest absolute Gasteiger partial charge is 0.420 e. The monoisotopic (exact) mass is 449 g/mol. The van der Waals surface area contributed by atoms with Crippen LogP contribution in [0.2, 0.25) is 0 Å². The molecule has 1 amide bonds. The molecule has 4 N–H and O–H groups in total. The minimum atomic E-state index is -0.587. The highest BCUT2D eigenvalue weighted by atomic mass is 16.4. The Morgan fingerprint density at radius 3 is 2.91 bits per heavy atom. The van der Waals surface area contributed by atoms with Crippen LogP contribution in [0.25, 0.3) is 11.1 Å². The molecule has 1 aliphatic heterocycles. The maximum atomic E-state index is 13.3. The van der Waals surface area contributed by atoms with E-state index in [4.69, 9.17) is 10.2 Å². The third kappa shape index (κ3) is 4.68. The van der Waals surface area contributed by atoms with Gasteiger partial charge in [-0.2, -0.15) is 4.98 Å². The summed E-state index contributed by atoms with van der Waals surface area (Å²) in [6, 6.07) is 7.04. The smallest absolute Gasteiger partial charge is 0.360 e. The minimum absolute atomic E-state index is 0.0506. The van der Waals surface area contributed by atoms with Gasteiger partial charge in [0, 0.05) is 26.2 Å². The highest BCUT2D eigenvalue weighted by Crippen LogP contribution is 2.26. The third-order valence-electron chi connectivity index (χ3n) is 5.53. The number of hydrogen-bond donors (Lipinski definition) is 3. The van der Waals surface area contributed by atoms with Gasteiger partial charge < -0.3 is 25.7 Å². The first-order valence-corrected chi connectivity index (χ1v) is 10.9. The predicted octanol–water partition coefficient (Wildman–Crippen LogP) is 1.31. The van der Waals surface area contributed by atoms with E-state index in [9.17, 15) is 9.59 Å². The van der Waals surface area contributed by atoms with E-state index in [-0.39, 0.29) is 18.3 Å². The Kier molecular flexibility index (Phi) is 6.60. The zero-order valence-electron chi connectivity index (χ0n) is 18.7. The van der Waals surface area contributed by atoms with Crippen molar-refractivity contribution in [1.29, 1.82) is 0 Å². The Morgan fingerprint density at radius 1 is 1.33 bits per heavy atom. The van der Waals surface area contributed by atoms with Crippen LogP contribution in [-0.4, -0.2) is 46.6 Å². The van der Waals surface area contributed by atoms with Crippen LogP contribution >= 0.6 is 0 Å². The second-order valence-electron chi connectivity index (χ2n) is 7.82.